The normalized spacial score (nSPS) is 10.5. The van der Waals surface area contributed by atoms with E-state index in [1.807, 2.05) is 12.1 Å². The maximum atomic E-state index is 13.4. The van der Waals surface area contributed by atoms with E-state index in [4.69, 9.17) is 22.1 Å². The van der Waals surface area contributed by atoms with Crippen molar-refractivity contribution in [3.05, 3.63) is 62.8 Å². The lowest BCUT2D eigenvalue weighted by atomic mass is 10.2. The van der Waals surface area contributed by atoms with Crippen LogP contribution in [0.2, 0.25) is 5.02 Å². The van der Waals surface area contributed by atoms with Crippen molar-refractivity contribution < 1.29 is 9.13 Å². The van der Waals surface area contributed by atoms with E-state index in [2.05, 4.69) is 15.9 Å². The van der Waals surface area contributed by atoms with Gasteiger partial charge in [-0.25, -0.2) is 4.39 Å². The molecule has 0 bridgehead atoms. The first-order chi connectivity index (χ1) is 9.13. The lowest BCUT2D eigenvalue weighted by Gasteiger charge is -2.13. The van der Waals surface area contributed by atoms with Crippen LogP contribution in [0.15, 0.2) is 40.9 Å². The zero-order chi connectivity index (χ0) is 13.8. The molecule has 0 atom stereocenters. The highest BCUT2D eigenvalue weighted by Crippen LogP contribution is 2.30. The van der Waals surface area contributed by atoms with Crippen molar-refractivity contribution in [2.75, 3.05) is 0 Å². The largest absolute Gasteiger partial charge is 0.487 e. The Hall–Kier alpha value is -1.10. The van der Waals surface area contributed by atoms with Crippen LogP contribution < -0.4 is 10.5 Å². The van der Waals surface area contributed by atoms with E-state index in [0.717, 1.165) is 5.56 Å². The van der Waals surface area contributed by atoms with Gasteiger partial charge in [0, 0.05) is 17.7 Å². The maximum Gasteiger partial charge on any atom is 0.142 e. The maximum absolute atomic E-state index is 13.4. The molecule has 100 valence electrons. The molecule has 2 N–H and O–H groups in total. The van der Waals surface area contributed by atoms with Crippen LogP contribution in [0, 0.1) is 5.82 Å². The van der Waals surface area contributed by atoms with E-state index in [-0.39, 0.29) is 12.4 Å². The summed E-state index contributed by atoms with van der Waals surface area (Å²) in [5.41, 5.74) is 7.17. The van der Waals surface area contributed by atoms with Crippen molar-refractivity contribution in [3.8, 4) is 5.75 Å². The smallest absolute Gasteiger partial charge is 0.142 e. The van der Waals surface area contributed by atoms with Crippen molar-refractivity contribution in [2.24, 2.45) is 5.73 Å². The summed E-state index contributed by atoms with van der Waals surface area (Å²) in [6.07, 6.45) is 0. The molecule has 0 aliphatic rings. The van der Waals surface area contributed by atoms with Gasteiger partial charge in [0.1, 0.15) is 18.2 Å². The van der Waals surface area contributed by atoms with Crippen molar-refractivity contribution in [1.82, 2.24) is 0 Å². The molecule has 5 heteroatoms. The number of hydrogen-bond acceptors (Lipinski definition) is 2. The average Bonchev–Trinajstić information content (AvgIpc) is 2.41. The lowest BCUT2D eigenvalue weighted by molar-refractivity contribution is 0.301. The third-order valence-corrected chi connectivity index (χ3v) is 3.86. The van der Waals surface area contributed by atoms with Crippen LogP contribution in [0.1, 0.15) is 11.1 Å². The topological polar surface area (TPSA) is 35.2 Å². The van der Waals surface area contributed by atoms with Gasteiger partial charge in [-0.15, -0.1) is 0 Å². The SMILES string of the molecule is NCc1cccc(Cl)c1OCc1cccc(F)c1Br. The highest BCUT2D eigenvalue weighted by molar-refractivity contribution is 9.10. The standard InChI is InChI=1S/C14H12BrClFNO/c15-13-10(4-2-6-12(13)17)8-19-14-9(7-18)3-1-5-11(14)16/h1-6H,7-8,18H2. The van der Waals surface area contributed by atoms with Gasteiger partial charge in [0.2, 0.25) is 0 Å². The van der Waals surface area contributed by atoms with Crippen LogP contribution in [0.5, 0.6) is 5.75 Å². The highest BCUT2D eigenvalue weighted by Gasteiger charge is 2.10. The van der Waals surface area contributed by atoms with Gasteiger partial charge in [0.05, 0.1) is 9.50 Å². The Bertz CT molecular complexity index is 592. The summed E-state index contributed by atoms with van der Waals surface area (Å²) < 4.78 is 19.5. The molecule has 0 spiro atoms. The summed E-state index contributed by atoms with van der Waals surface area (Å²) in [4.78, 5) is 0. The second-order valence-electron chi connectivity index (χ2n) is 3.93. The zero-order valence-electron chi connectivity index (χ0n) is 10.00. The van der Waals surface area contributed by atoms with Gasteiger partial charge in [-0.1, -0.05) is 35.9 Å². The summed E-state index contributed by atoms with van der Waals surface area (Å²) >= 11 is 9.27. The van der Waals surface area contributed by atoms with E-state index in [1.54, 1.807) is 18.2 Å². The number of benzene rings is 2. The van der Waals surface area contributed by atoms with Crippen LogP contribution in [0.4, 0.5) is 4.39 Å². The zero-order valence-corrected chi connectivity index (χ0v) is 12.3. The number of nitrogens with two attached hydrogens (primary N) is 1. The summed E-state index contributed by atoms with van der Waals surface area (Å²) in [6, 6.07) is 10.2. The van der Waals surface area contributed by atoms with Crippen LogP contribution in [0.25, 0.3) is 0 Å². The molecule has 0 saturated carbocycles. The lowest BCUT2D eigenvalue weighted by Crippen LogP contribution is -2.04. The molecular formula is C14H12BrClFNO. The molecule has 2 rings (SSSR count). The van der Waals surface area contributed by atoms with Gasteiger partial charge in [-0.2, -0.15) is 0 Å². The molecule has 0 unspecified atom stereocenters. The van der Waals surface area contributed by atoms with Crippen LogP contribution in [-0.4, -0.2) is 0 Å². The number of rotatable bonds is 4. The minimum Gasteiger partial charge on any atom is -0.487 e. The number of halogens is 3. The van der Waals surface area contributed by atoms with Crippen LogP contribution >= 0.6 is 27.5 Å². The Kier molecular flexibility index (Phi) is 4.80. The van der Waals surface area contributed by atoms with Gasteiger partial charge in [0.15, 0.2) is 0 Å². The molecule has 0 aliphatic carbocycles. The first-order valence-electron chi connectivity index (χ1n) is 5.66. The van der Waals surface area contributed by atoms with Crippen LogP contribution in [0.3, 0.4) is 0 Å². The molecule has 19 heavy (non-hydrogen) atoms. The van der Waals surface area contributed by atoms with Gasteiger partial charge in [-0.05, 0) is 28.1 Å². The Balaban J connectivity index is 2.21. The Morgan fingerprint density at radius 3 is 2.58 bits per heavy atom. The predicted octanol–water partition coefficient (Wildman–Crippen LogP) is 4.28. The van der Waals surface area contributed by atoms with E-state index in [0.29, 0.717) is 27.4 Å². The van der Waals surface area contributed by atoms with E-state index >= 15 is 0 Å². The van der Waals surface area contributed by atoms with E-state index < -0.39 is 0 Å². The van der Waals surface area contributed by atoms with E-state index in [1.165, 1.54) is 6.07 Å². The summed E-state index contributed by atoms with van der Waals surface area (Å²) in [5.74, 6) is 0.224. The molecule has 0 radical (unpaired) electrons. The van der Waals surface area contributed by atoms with E-state index in [9.17, 15) is 4.39 Å². The second-order valence-corrected chi connectivity index (χ2v) is 5.13. The van der Waals surface area contributed by atoms with Crippen molar-refractivity contribution >= 4 is 27.5 Å². The molecule has 0 fully saturated rings. The molecule has 2 nitrogen and oxygen atoms in total. The van der Waals surface area contributed by atoms with Gasteiger partial charge in [0.25, 0.3) is 0 Å². The van der Waals surface area contributed by atoms with Gasteiger partial charge in [-0.3, -0.25) is 0 Å². The van der Waals surface area contributed by atoms with Crippen molar-refractivity contribution in [1.29, 1.82) is 0 Å². The van der Waals surface area contributed by atoms with Crippen LogP contribution in [-0.2, 0) is 13.2 Å². The van der Waals surface area contributed by atoms with Gasteiger partial charge < -0.3 is 10.5 Å². The van der Waals surface area contributed by atoms with Gasteiger partial charge >= 0.3 is 0 Å². The summed E-state index contributed by atoms with van der Waals surface area (Å²) in [6.45, 7) is 0.551. The minimum atomic E-state index is -0.320. The Morgan fingerprint density at radius 1 is 1.16 bits per heavy atom. The summed E-state index contributed by atoms with van der Waals surface area (Å²) in [7, 11) is 0. The first kappa shape index (κ1) is 14.3. The fraction of sp³-hybridized carbons (Fsp3) is 0.143. The minimum absolute atomic E-state index is 0.217. The molecule has 2 aromatic carbocycles. The predicted molar refractivity (Wildman–Crippen MR) is 77.8 cm³/mol. The third-order valence-electron chi connectivity index (χ3n) is 2.67. The monoisotopic (exact) mass is 343 g/mol. The fourth-order valence-electron chi connectivity index (χ4n) is 1.69. The number of para-hydroxylation sites is 1. The number of hydrogen-bond donors (Lipinski definition) is 1. The molecule has 2 aromatic rings. The molecule has 0 saturated heterocycles. The summed E-state index contributed by atoms with van der Waals surface area (Å²) in [5, 5.41) is 0.496. The van der Waals surface area contributed by atoms with Crippen molar-refractivity contribution in [3.63, 3.8) is 0 Å². The molecule has 0 aliphatic heterocycles. The quantitative estimate of drug-likeness (QED) is 0.898. The first-order valence-corrected chi connectivity index (χ1v) is 6.83. The second kappa shape index (κ2) is 6.37. The average molecular weight is 345 g/mol. The molecule has 0 aromatic heterocycles. The fourth-order valence-corrected chi connectivity index (χ4v) is 2.31. The molecule has 0 amide bonds. The third kappa shape index (κ3) is 3.26. The molecule has 0 heterocycles. The Labute approximate surface area is 124 Å². The Morgan fingerprint density at radius 2 is 1.84 bits per heavy atom. The number of ether oxygens (including phenoxy) is 1. The molecular weight excluding hydrogens is 333 g/mol. The van der Waals surface area contributed by atoms with Crippen molar-refractivity contribution in [2.45, 2.75) is 13.2 Å². The highest BCUT2D eigenvalue weighted by atomic mass is 79.9.